The van der Waals surface area contributed by atoms with E-state index < -0.39 is 0 Å². The number of hydrogen-bond acceptors (Lipinski definition) is 6. The molecule has 0 aliphatic carbocycles. The molecule has 6 heteroatoms. The van der Waals surface area contributed by atoms with Crippen molar-refractivity contribution in [2.45, 2.75) is 6.42 Å². The molecule has 6 nitrogen and oxygen atoms in total. The number of fused-ring (bicyclic) bond motifs is 1. The zero-order chi connectivity index (χ0) is 12.6. The van der Waals surface area contributed by atoms with Gasteiger partial charge in [0.1, 0.15) is 11.3 Å². The van der Waals surface area contributed by atoms with Gasteiger partial charge in [-0.25, -0.2) is 9.97 Å². The average molecular weight is 248 g/mol. The standard InChI is InChI=1S/C12H16N4O2/c17-7-9-18-8-1-4-14-11-3-2-10-12(16-11)15-6-5-13-10/h2-3,5-6,17H,1,4,7-9H2,(H,14,15,16). The van der Waals surface area contributed by atoms with Crippen LogP contribution in [0.5, 0.6) is 0 Å². The third kappa shape index (κ3) is 3.61. The number of hydrogen-bond donors (Lipinski definition) is 2. The van der Waals surface area contributed by atoms with Crippen molar-refractivity contribution >= 4 is 17.0 Å². The molecule has 2 aromatic heterocycles. The number of nitrogens with zero attached hydrogens (tertiary/aromatic N) is 3. The van der Waals surface area contributed by atoms with Crippen LogP contribution in [0.1, 0.15) is 6.42 Å². The molecule has 2 N–H and O–H groups in total. The SMILES string of the molecule is OCCOCCCNc1ccc2nccnc2n1. The summed E-state index contributed by atoms with van der Waals surface area (Å²) in [5.74, 6) is 0.783. The third-order valence-electron chi connectivity index (χ3n) is 2.34. The minimum absolute atomic E-state index is 0.0678. The van der Waals surface area contributed by atoms with Crippen LogP contribution in [0, 0.1) is 0 Å². The Hall–Kier alpha value is -1.79. The number of aromatic nitrogens is 3. The van der Waals surface area contributed by atoms with Crippen LogP contribution in [0.25, 0.3) is 11.2 Å². The molecule has 2 aromatic rings. The molecule has 0 radical (unpaired) electrons. The zero-order valence-corrected chi connectivity index (χ0v) is 10.0. The first-order valence-corrected chi connectivity index (χ1v) is 5.90. The molecule has 2 heterocycles. The molecule has 0 spiro atoms. The van der Waals surface area contributed by atoms with Gasteiger partial charge in [-0.1, -0.05) is 0 Å². The number of ether oxygens (including phenoxy) is 1. The first kappa shape index (κ1) is 12.7. The lowest BCUT2D eigenvalue weighted by Gasteiger charge is -2.06. The number of pyridine rings is 1. The monoisotopic (exact) mass is 248 g/mol. The highest BCUT2D eigenvalue weighted by atomic mass is 16.5. The van der Waals surface area contributed by atoms with Crippen molar-refractivity contribution in [3.63, 3.8) is 0 Å². The Labute approximate surface area is 105 Å². The molecular formula is C12H16N4O2. The smallest absolute Gasteiger partial charge is 0.180 e. The van der Waals surface area contributed by atoms with Crippen LogP contribution in [0.4, 0.5) is 5.82 Å². The summed E-state index contributed by atoms with van der Waals surface area (Å²) in [5.41, 5.74) is 1.42. The lowest BCUT2D eigenvalue weighted by molar-refractivity contribution is 0.0922. The van der Waals surface area contributed by atoms with Gasteiger partial charge in [-0.05, 0) is 18.6 Å². The number of aliphatic hydroxyl groups excluding tert-OH is 1. The Bertz CT molecular complexity index is 492. The van der Waals surface area contributed by atoms with Crippen molar-refractivity contribution in [2.24, 2.45) is 0 Å². The van der Waals surface area contributed by atoms with E-state index in [1.165, 1.54) is 0 Å². The third-order valence-corrected chi connectivity index (χ3v) is 2.34. The lowest BCUT2D eigenvalue weighted by Crippen LogP contribution is -2.08. The molecular weight excluding hydrogens is 232 g/mol. The van der Waals surface area contributed by atoms with Crippen LogP contribution < -0.4 is 5.32 Å². The largest absolute Gasteiger partial charge is 0.394 e. The molecule has 0 bridgehead atoms. The second-order valence-corrected chi connectivity index (χ2v) is 3.71. The summed E-state index contributed by atoms with van der Waals surface area (Å²) < 4.78 is 5.16. The van der Waals surface area contributed by atoms with E-state index in [-0.39, 0.29) is 6.61 Å². The first-order chi connectivity index (χ1) is 8.90. The Morgan fingerprint density at radius 3 is 2.94 bits per heavy atom. The quantitative estimate of drug-likeness (QED) is 0.707. The van der Waals surface area contributed by atoms with Gasteiger partial charge in [0.05, 0.1) is 13.2 Å². The van der Waals surface area contributed by atoms with Crippen molar-refractivity contribution in [2.75, 3.05) is 31.7 Å². The van der Waals surface area contributed by atoms with Crippen LogP contribution in [0.2, 0.25) is 0 Å². The second-order valence-electron chi connectivity index (χ2n) is 3.71. The summed E-state index contributed by atoms with van der Waals surface area (Å²) in [7, 11) is 0. The van der Waals surface area contributed by atoms with Crippen LogP contribution in [0.3, 0.4) is 0 Å². The Morgan fingerprint density at radius 2 is 2.06 bits per heavy atom. The summed E-state index contributed by atoms with van der Waals surface area (Å²) in [6.45, 7) is 1.85. The molecule has 0 aromatic carbocycles. The molecule has 0 saturated heterocycles. The van der Waals surface area contributed by atoms with Crippen LogP contribution in [-0.4, -0.2) is 46.4 Å². The minimum atomic E-state index is 0.0678. The molecule has 96 valence electrons. The van der Waals surface area contributed by atoms with Gasteiger partial charge < -0.3 is 15.2 Å². The van der Waals surface area contributed by atoms with E-state index in [9.17, 15) is 0 Å². The van der Waals surface area contributed by atoms with E-state index in [0.717, 1.165) is 24.3 Å². The Kier molecular flexibility index (Phi) is 4.80. The van der Waals surface area contributed by atoms with E-state index in [1.54, 1.807) is 12.4 Å². The highest BCUT2D eigenvalue weighted by Crippen LogP contribution is 2.09. The summed E-state index contributed by atoms with van der Waals surface area (Å²) in [6.07, 6.45) is 4.14. The van der Waals surface area contributed by atoms with E-state index in [2.05, 4.69) is 20.3 Å². The number of rotatable bonds is 7. The van der Waals surface area contributed by atoms with Crippen molar-refractivity contribution in [3.8, 4) is 0 Å². The van der Waals surface area contributed by atoms with Gasteiger partial charge in [-0.3, -0.25) is 4.98 Å². The predicted octanol–water partition coefficient (Wildman–Crippen LogP) is 0.836. The van der Waals surface area contributed by atoms with Gasteiger partial charge in [-0.15, -0.1) is 0 Å². The van der Waals surface area contributed by atoms with Crippen LogP contribution in [0.15, 0.2) is 24.5 Å². The fraction of sp³-hybridized carbons (Fsp3) is 0.417. The van der Waals surface area contributed by atoms with E-state index in [1.807, 2.05) is 12.1 Å². The molecule has 0 fully saturated rings. The topological polar surface area (TPSA) is 80.2 Å². The van der Waals surface area contributed by atoms with Crippen molar-refractivity contribution in [1.82, 2.24) is 15.0 Å². The maximum atomic E-state index is 8.54. The second kappa shape index (κ2) is 6.83. The van der Waals surface area contributed by atoms with Crippen molar-refractivity contribution in [1.29, 1.82) is 0 Å². The highest BCUT2D eigenvalue weighted by molar-refractivity contribution is 5.71. The Balaban J connectivity index is 1.81. The maximum Gasteiger partial charge on any atom is 0.180 e. The van der Waals surface area contributed by atoms with Crippen LogP contribution in [-0.2, 0) is 4.74 Å². The number of nitrogens with one attached hydrogen (secondary N) is 1. The van der Waals surface area contributed by atoms with E-state index in [4.69, 9.17) is 9.84 Å². The fourth-order valence-corrected chi connectivity index (χ4v) is 1.51. The van der Waals surface area contributed by atoms with Gasteiger partial charge in [0.25, 0.3) is 0 Å². The summed E-state index contributed by atoms with van der Waals surface area (Å²) in [6, 6.07) is 3.77. The van der Waals surface area contributed by atoms with Crippen molar-refractivity contribution in [3.05, 3.63) is 24.5 Å². The first-order valence-electron chi connectivity index (χ1n) is 5.90. The average Bonchev–Trinajstić information content (AvgIpc) is 2.42. The van der Waals surface area contributed by atoms with E-state index in [0.29, 0.717) is 18.9 Å². The lowest BCUT2D eigenvalue weighted by atomic mass is 10.4. The normalized spacial score (nSPS) is 10.7. The summed E-state index contributed by atoms with van der Waals surface area (Å²) in [4.78, 5) is 12.6. The number of aliphatic hydroxyl groups is 1. The molecule has 0 saturated carbocycles. The maximum absolute atomic E-state index is 8.54. The fourth-order valence-electron chi connectivity index (χ4n) is 1.51. The van der Waals surface area contributed by atoms with Gasteiger partial charge in [0, 0.05) is 25.5 Å². The number of anilines is 1. The van der Waals surface area contributed by atoms with Gasteiger partial charge in [0.2, 0.25) is 0 Å². The van der Waals surface area contributed by atoms with Crippen LogP contribution >= 0.6 is 0 Å². The van der Waals surface area contributed by atoms with Gasteiger partial charge in [-0.2, -0.15) is 0 Å². The molecule has 0 unspecified atom stereocenters. The summed E-state index contributed by atoms with van der Waals surface area (Å²) in [5, 5.41) is 11.7. The molecule has 0 amide bonds. The molecule has 18 heavy (non-hydrogen) atoms. The van der Waals surface area contributed by atoms with E-state index >= 15 is 0 Å². The van der Waals surface area contributed by atoms with Crippen molar-refractivity contribution < 1.29 is 9.84 Å². The Morgan fingerprint density at radius 1 is 1.17 bits per heavy atom. The molecule has 0 aliphatic rings. The molecule has 2 rings (SSSR count). The predicted molar refractivity (Wildman–Crippen MR) is 68.3 cm³/mol. The zero-order valence-electron chi connectivity index (χ0n) is 10.0. The molecule has 0 aliphatic heterocycles. The minimum Gasteiger partial charge on any atom is -0.394 e. The highest BCUT2D eigenvalue weighted by Gasteiger charge is 1.98. The molecule has 0 atom stereocenters. The summed E-state index contributed by atoms with van der Waals surface area (Å²) >= 11 is 0. The van der Waals surface area contributed by atoms with Gasteiger partial charge in [0.15, 0.2) is 5.65 Å². The van der Waals surface area contributed by atoms with Gasteiger partial charge >= 0.3 is 0 Å².